The van der Waals surface area contributed by atoms with Crippen molar-refractivity contribution in [2.24, 2.45) is 14.1 Å². The number of para-hydroxylation sites is 1. The third-order valence-electron chi connectivity index (χ3n) is 2.45. The summed E-state index contributed by atoms with van der Waals surface area (Å²) in [6.07, 6.45) is 0. The van der Waals surface area contributed by atoms with E-state index in [1.165, 1.54) is 17.7 Å². The van der Waals surface area contributed by atoms with E-state index in [2.05, 4.69) is 0 Å². The summed E-state index contributed by atoms with van der Waals surface area (Å²) < 4.78 is 7.79. The van der Waals surface area contributed by atoms with Gasteiger partial charge in [0, 0.05) is 14.1 Å². The molecule has 88 valence electrons. The molecule has 0 fully saturated rings. The maximum atomic E-state index is 11.6. The molecule has 0 aliphatic carbocycles. The molecule has 0 N–H and O–H groups in total. The first-order valence-corrected chi connectivity index (χ1v) is 5.09. The van der Waals surface area contributed by atoms with Crippen LogP contribution in [0, 0.1) is 0 Å². The quantitative estimate of drug-likeness (QED) is 0.772. The molecule has 1 aromatic carbocycles. The second-order valence-electron chi connectivity index (χ2n) is 3.64. The molecule has 5 nitrogen and oxygen atoms in total. The Morgan fingerprint density at radius 3 is 2.29 bits per heavy atom. The second-order valence-corrected chi connectivity index (χ2v) is 3.64. The summed E-state index contributed by atoms with van der Waals surface area (Å²) in [5.74, 6) is 0.806. The number of benzene rings is 1. The fraction of sp³-hybridized carbons (Fsp3) is 0.167. The monoisotopic (exact) mass is 232 g/mol. The van der Waals surface area contributed by atoms with Gasteiger partial charge in [0.2, 0.25) is 5.88 Å². The highest BCUT2D eigenvalue weighted by atomic mass is 16.5. The Morgan fingerprint density at radius 2 is 1.65 bits per heavy atom. The standard InChI is InChI=1S/C12H12N2O3/c1-13-10(15)8-11(14(2)12(13)16)17-9-6-4-3-5-7-9/h3-8H,1-2H3. The molecule has 17 heavy (non-hydrogen) atoms. The van der Waals surface area contributed by atoms with Crippen molar-refractivity contribution in [1.82, 2.24) is 9.13 Å². The van der Waals surface area contributed by atoms with E-state index < -0.39 is 5.69 Å². The van der Waals surface area contributed by atoms with Crippen molar-refractivity contribution >= 4 is 0 Å². The molecule has 0 bridgehead atoms. The van der Waals surface area contributed by atoms with Crippen LogP contribution in [0.15, 0.2) is 46.0 Å². The Kier molecular flexibility index (Phi) is 2.82. The average molecular weight is 232 g/mol. The van der Waals surface area contributed by atoms with Gasteiger partial charge in [-0.1, -0.05) is 18.2 Å². The van der Waals surface area contributed by atoms with Crippen LogP contribution in [0.4, 0.5) is 0 Å². The first kappa shape index (κ1) is 11.2. The van der Waals surface area contributed by atoms with Gasteiger partial charge in [-0.15, -0.1) is 0 Å². The lowest BCUT2D eigenvalue weighted by atomic mass is 10.3. The van der Waals surface area contributed by atoms with Crippen molar-refractivity contribution < 1.29 is 4.74 Å². The van der Waals surface area contributed by atoms with E-state index in [-0.39, 0.29) is 11.4 Å². The molecule has 0 aliphatic rings. The average Bonchev–Trinajstić information content (AvgIpc) is 2.35. The molecule has 5 heteroatoms. The van der Waals surface area contributed by atoms with Crippen molar-refractivity contribution in [1.29, 1.82) is 0 Å². The minimum Gasteiger partial charge on any atom is -0.440 e. The molecule has 1 aromatic heterocycles. The molecule has 0 unspecified atom stereocenters. The van der Waals surface area contributed by atoms with Gasteiger partial charge >= 0.3 is 5.69 Å². The fourth-order valence-corrected chi connectivity index (χ4v) is 1.42. The number of nitrogens with zero attached hydrogens (tertiary/aromatic N) is 2. The summed E-state index contributed by atoms with van der Waals surface area (Å²) >= 11 is 0. The Bertz CT molecular complexity index is 641. The smallest absolute Gasteiger partial charge is 0.333 e. The fourth-order valence-electron chi connectivity index (χ4n) is 1.42. The Labute approximate surface area is 97.5 Å². The molecule has 0 saturated carbocycles. The highest BCUT2D eigenvalue weighted by Crippen LogP contribution is 2.17. The van der Waals surface area contributed by atoms with Crippen molar-refractivity contribution in [2.45, 2.75) is 0 Å². The van der Waals surface area contributed by atoms with Crippen LogP contribution in [0.1, 0.15) is 0 Å². The van der Waals surface area contributed by atoms with E-state index in [1.54, 1.807) is 19.2 Å². The van der Waals surface area contributed by atoms with Gasteiger partial charge in [-0.2, -0.15) is 0 Å². The van der Waals surface area contributed by atoms with Gasteiger partial charge in [0.15, 0.2) is 0 Å². The summed E-state index contributed by atoms with van der Waals surface area (Å²) in [6.45, 7) is 0. The molecule has 0 saturated heterocycles. The summed E-state index contributed by atoms with van der Waals surface area (Å²) in [7, 11) is 2.98. The minimum absolute atomic E-state index is 0.226. The molecule has 0 radical (unpaired) electrons. The van der Waals surface area contributed by atoms with Crippen molar-refractivity contribution in [2.75, 3.05) is 0 Å². The first-order valence-electron chi connectivity index (χ1n) is 5.09. The van der Waals surface area contributed by atoms with Crippen LogP contribution in [0.25, 0.3) is 0 Å². The van der Waals surface area contributed by atoms with Crippen LogP contribution in [0.2, 0.25) is 0 Å². The molecule has 0 amide bonds. The van der Waals surface area contributed by atoms with Crippen LogP contribution < -0.4 is 16.0 Å². The van der Waals surface area contributed by atoms with Gasteiger partial charge in [0.1, 0.15) is 5.75 Å². The largest absolute Gasteiger partial charge is 0.440 e. The number of aromatic nitrogens is 2. The number of ether oxygens (including phenoxy) is 1. The molecule has 0 spiro atoms. The maximum absolute atomic E-state index is 11.6. The van der Waals surface area contributed by atoms with Crippen molar-refractivity contribution in [3.05, 3.63) is 57.2 Å². The van der Waals surface area contributed by atoms with E-state index in [0.717, 1.165) is 4.57 Å². The highest BCUT2D eigenvalue weighted by molar-refractivity contribution is 5.26. The second kappa shape index (κ2) is 4.29. The first-order chi connectivity index (χ1) is 8.09. The Hall–Kier alpha value is -2.30. The number of hydrogen-bond donors (Lipinski definition) is 0. The van der Waals surface area contributed by atoms with E-state index in [4.69, 9.17) is 4.74 Å². The topological polar surface area (TPSA) is 53.2 Å². The highest BCUT2D eigenvalue weighted by Gasteiger charge is 2.07. The zero-order valence-corrected chi connectivity index (χ0v) is 9.58. The molecular formula is C12H12N2O3. The Balaban J connectivity index is 2.48. The Morgan fingerprint density at radius 1 is 1.00 bits per heavy atom. The van der Waals surface area contributed by atoms with Gasteiger partial charge in [-0.25, -0.2) is 4.79 Å². The molecule has 2 rings (SSSR count). The van der Waals surface area contributed by atoms with Crippen LogP contribution in [-0.2, 0) is 14.1 Å². The molecular weight excluding hydrogens is 220 g/mol. The third kappa shape index (κ3) is 2.13. The predicted molar refractivity (Wildman–Crippen MR) is 63.4 cm³/mol. The van der Waals surface area contributed by atoms with Gasteiger partial charge in [0.25, 0.3) is 5.56 Å². The van der Waals surface area contributed by atoms with Crippen molar-refractivity contribution in [3.8, 4) is 11.6 Å². The minimum atomic E-state index is -0.413. The summed E-state index contributed by atoms with van der Waals surface area (Å²) in [4.78, 5) is 23.1. The molecule has 1 heterocycles. The van der Waals surface area contributed by atoms with Gasteiger partial charge in [0.05, 0.1) is 6.07 Å². The van der Waals surface area contributed by atoms with Gasteiger partial charge < -0.3 is 4.74 Å². The molecule has 2 aromatic rings. The summed E-state index contributed by atoms with van der Waals surface area (Å²) in [5.41, 5.74) is -0.803. The van der Waals surface area contributed by atoms with E-state index in [9.17, 15) is 9.59 Å². The van der Waals surface area contributed by atoms with Crippen molar-refractivity contribution in [3.63, 3.8) is 0 Å². The van der Waals surface area contributed by atoms with Crippen LogP contribution in [-0.4, -0.2) is 9.13 Å². The lowest BCUT2D eigenvalue weighted by molar-refractivity contribution is 0.423. The predicted octanol–water partition coefficient (Wildman–Crippen LogP) is 0.876. The van der Waals surface area contributed by atoms with Gasteiger partial charge in [-0.05, 0) is 12.1 Å². The third-order valence-corrected chi connectivity index (χ3v) is 2.45. The van der Waals surface area contributed by atoms with Crippen LogP contribution >= 0.6 is 0 Å². The lowest BCUT2D eigenvalue weighted by Gasteiger charge is -2.10. The van der Waals surface area contributed by atoms with Crippen LogP contribution in [0.5, 0.6) is 11.6 Å². The van der Waals surface area contributed by atoms with E-state index >= 15 is 0 Å². The summed E-state index contributed by atoms with van der Waals surface area (Å²) in [6, 6.07) is 10.3. The van der Waals surface area contributed by atoms with Gasteiger partial charge in [-0.3, -0.25) is 13.9 Å². The lowest BCUT2D eigenvalue weighted by Crippen LogP contribution is -2.36. The SMILES string of the molecule is Cn1c(Oc2ccccc2)cc(=O)n(C)c1=O. The zero-order valence-electron chi connectivity index (χ0n) is 9.58. The van der Waals surface area contributed by atoms with E-state index in [1.807, 2.05) is 18.2 Å². The maximum Gasteiger partial charge on any atom is 0.333 e. The normalized spacial score (nSPS) is 10.2. The zero-order chi connectivity index (χ0) is 12.4. The molecule has 0 aliphatic heterocycles. The summed E-state index contributed by atoms with van der Waals surface area (Å²) in [5, 5.41) is 0. The van der Waals surface area contributed by atoms with E-state index in [0.29, 0.717) is 5.75 Å². The number of hydrogen-bond acceptors (Lipinski definition) is 3. The number of rotatable bonds is 2. The molecule has 0 atom stereocenters. The van der Waals surface area contributed by atoms with Crippen LogP contribution in [0.3, 0.4) is 0 Å².